The molecule has 0 spiro atoms. The number of ether oxygens (including phenoxy) is 4. The van der Waals surface area contributed by atoms with Crippen molar-refractivity contribution in [3.8, 4) is 0 Å². The van der Waals surface area contributed by atoms with Gasteiger partial charge in [-0.25, -0.2) is 0 Å². The Morgan fingerprint density at radius 2 is 0.894 bits per heavy atom. The second kappa shape index (κ2) is 36.5. The Morgan fingerprint density at radius 3 is 1.16 bits per heavy atom. The normalized spacial score (nSPS) is 19.1. The lowest BCUT2D eigenvalue weighted by Gasteiger charge is -2.43. The van der Waals surface area contributed by atoms with Crippen LogP contribution in [0.1, 0.15) is 158 Å². The number of aliphatic hydroxyl groups excluding tert-OH is 1. The standard InChI is InChI=1S/C30H46O2Si.C23H32OSi.C14H26O3.C9H18O/c1-23(2)29(31-9)26(5)21-24(3)20-25(4)22-32-33(30(6,7)8,27-16-12-10-13-17-27)28-18-14-11-15-19-28;1-19(2)17-20(3)18-24-25(23(4,5)6,21-13-9-7-10-14-21)22-15-11-8-12-16-22;1-7-9(2)8-14(5)13(17-14)10(3)12(16-6)11(4)15;1-6-8(4)9(10-5)7(2)3/h10-19,21,23,25-26,29H,20,22H2,1-9H3;7-16,20H,1,17-18H2,2-6H3;7,9-13,15H,1,8H2,2-6H3;6-9H,1H2,2-5H3/b24-21+;;;/t25-,26-,29-;20-;9-,10-,11-,12-,13-,14+;8-,9-/m0010/s1. The molecular weight excluding hydrogens is 1080 g/mol. The van der Waals surface area contributed by atoms with Crippen LogP contribution in [0.5, 0.6) is 0 Å². The first-order valence-corrected chi connectivity index (χ1v) is 35.6. The van der Waals surface area contributed by atoms with Crippen LogP contribution in [0.3, 0.4) is 0 Å². The molecule has 1 N–H and O–H groups in total. The Balaban J connectivity index is 0.000000418. The molecule has 9 heteroatoms. The molecule has 0 unspecified atom stereocenters. The zero-order chi connectivity index (χ0) is 64.5. The van der Waals surface area contributed by atoms with Crippen molar-refractivity contribution >= 4 is 37.4 Å². The lowest BCUT2D eigenvalue weighted by Crippen LogP contribution is -2.66. The monoisotopic (exact) mass is 1200 g/mol. The number of hydrogen-bond donors (Lipinski definition) is 1. The molecule has 4 aromatic rings. The van der Waals surface area contributed by atoms with E-state index in [1.54, 1.807) is 21.1 Å². The van der Waals surface area contributed by atoms with E-state index in [-0.39, 0.29) is 39.9 Å². The van der Waals surface area contributed by atoms with Crippen molar-refractivity contribution < 1.29 is 32.9 Å². The van der Waals surface area contributed by atoms with Crippen molar-refractivity contribution in [1.29, 1.82) is 0 Å². The average molecular weight is 1200 g/mol. The van der Waals surface area contributed by atoms with E-state index in [0.717, 1.165) is 32.5 Å². The van der Waals surface area contributed by atoms with Gasteiger partial charge in [0, 0.05) is 52.3 Å². The Bertz CT molecular complexity index is 2420. The van der Waals surface area contributed by atoms with Crippen LogP contribution in [0.2, 0.25) is 10.1 Å². The van der Waals surface area contributed by atoms with E-state index < -0.39 is 22.7 Å². The van der Waals surface area contributed by atoms with Crippen LogP contribution >= 0.6 is 0 Å². The van der Waals surface area contributed by atoms with Gasteiger partial charge in [-0.2, -0.15) is 0 Å². The van der Waals surface area contributed by atoms with Gasteiger partial charge in [0.2, 0.25) is 0 Å². The molecule has 4 aromatic carbocycles. The van der Waals surface area contributed by atoms with Gasteiger partial charge in [-0.3, -0.25) is 0 Å². The van der Waals surface area contributed by atoms with Gasteiger partial charge < -0.3 is 32.9 Å². The average Bonchev–Trinajstić information content (AvgIpc) is 2.40. The van der Waals surface area contributed by atoms with Crippen LogP contribution in [0, 0.1) is 47.3 Å². The zero-order valence-corrected chi connectivity index (χ0v) is 59.8. The molecule has 0 aliphatic carbocycles. The molecule has 1 heterocycles. The minimum absolute atomic E-state index is 0.0117. The summed E-state index contributed by atoms with van der Waals surface area (Å²) in [6.45, 7) is 57.3. The van der Waals surface area contributed by atoms with Gasteiger partial charge in [0.15, 0.2) is 0 Å². The van der Waals surface area contributed by atoms with Crippen LogP contribution in [0.15, 0.2) is 170 Å². The van der Waals surface area contributed by atoms with Gasteiger partial charge in [0.1, 0.15) is 0 Å². The number of allylic oxidation sites excluding steroid dienone is 3. The lowest BCUT2D eigenvalue weighted by atomic mass is 9.86. The van der Waals surface area contributed by atoms with E-state index in [0.29, 0.717) is 47.5 Å². The molecule has 0 radical (unpaired) electrons. The smallest absolute Gasteiger partial charge is 0.261 e. The number of epoxide rings is 1. The summed E-state index contributed by atoms with van der Waals surface area (Å²) in [5.74, 6) is 3.48. The second-order valence-corrected chi connectivity index (χ2v) is 36.6. The summed E-state index contributed by atoms with van der Waals surface area (Å²) >= 11 is 0. The zero-order valence-electron chi connectivity index (χ0n) is 57.8. The highest BCUT2D eigenvalue weighted by Gasteiger charge is 2.57. The quantitative estimate of drug-likeness (QED) is 0.0330. The Morgan fingerprint density at radius 1 is 0.553 bits per heavy atom. The maximum absolute atomic E-state index is 9.66. The van der Waals surface area contributed by atoms with Gasteiger partial charge in [0.25, 0.3) is 16.6 Å². The Kier molecular flexibility index (Phi) is 33.1. The maximum Gasteiger partial charge on any atom is 0.261 e. The molecule has 0 aromatic heterocycles. The van der Waals surface area contributed by atoms with E-state index in [9.17, 15) is 5.11 Å². The second-order valence-electron chi connectivity index (χ2n) is 27.9. The SMILES string of the molecule is C=C(C)C[C@H](C)CO[Si](c1ccccc1)(c1ccccc1)C(C)(C)C.C=C[C@@H](C)C[C@]1(C)O[C@@H]1[C@H](C)[C@@H](OC)[C@@H](C)O.C=C[C@H](C)[C@@H](OC)C(C)C.CO[C@@H](C(C)C)[C@@H](C)/C=C(\C)C[C@H](C)CO[Si](c1ccccc1)(c1ccccc1)C(C)(C)C. The summed E-state index contributed by atoms with van der Waals surface area (Å²) in [5, 5.41) is 15.1. The van der Waals surface area contributed by atoms with Crippen molar-refractivity contribution in [3.05, 3.63) is 170 Å². The highest BCUT2D eigenvalue weighted by atomic mass is 28.4. The molecular formula is C76H122O7Si2. The first-order valence-electron chi connectivity index (χ1n) is 31.8. The van der Waals surface area contributed by atoms with E-state index in [1.807, 2.05) is 19.3 Å². The number of aliphatic hydroxyl groups is 1. The molecule has 0 bridgehead atoms. The van der Waals surface area contributed by atoms with Gasteiger partial charge in [-0.05, 0) is 107 Å². The summed E-state index contributed by atoms with van der Waals surface area (Å²) in [5.41, 5.74) is 2.56. The number of hydrogen-bond acceptors (Lipinski definition) is 7. The predicted octanol–water partition coefficient (Wildman–Crippen LogP) is 16.9. The van der Waals surface area contributed by atoms with Crippen LogP contribution in [0.4, 0.5) is 0 Å². The molecule has 85 heavy (non-hydrogen) atoms. The lowest BCUT2D eigenvalue weighted by molar-refractivity contribution is -0.0391. The van der Waals surface area contributed by atoms with Crippen molar-refractivity contribution in [2.24, 2.45) is 47.3 Å². The molecule has 1 aliphatic heterocycles. The molecule has 1 saturated heterocycles. The fourth-order valence-electron chi connectivity index (χ4n) is 13.1. The van der Waals surface area contributed by atoms with E-state index in [1.165, 1.54) is 31.9 Å². The van der Waals surface area contributed by atoms with Crippen LogP contribution < -0.4 is 20.7 Å². The number of benzene rings is 4. The highest BCUT2D eigenvalue weighted by molar-refractivity contribution is 7.00. The summed E-state index contributed by atoms with van der Waals surface area (Å²) in [6.07, 6.45) is 9.42. The molecule has 0 saturated carbocycles. The van der Waals surface area contributed by atoms with Crippen molar-refractivity contribution in [2.45, 2.75) is 204 Å². The van der Waals surface area contributed by atoms with Gasteiger partial charge >= 0.3 is 0 Å². The third kappa shape index (κ3) is 22.8. The van der Waals surface area contributed by atoms with Gasteiger partial charge in [-0.1, -0.05) is 261 Å². The molecule has 1 fully saturated rings. The minimum Gasteiger partial charge on any atom is -0.407 e. The predicted molar refractivity (Wildman–Crippen MR) is 372 cm³/mol. The number of rotatable bonds is 29. The van der Waals surface area contributed by atoms with Crippen LogP contribution in [0.25, 0.3) is 0 Å². The number of methoxy groups -OCH3 is 3. The van der Waals surface area contributed by atoms with E-state index >= 15 is 0 Å². The van der Waals surface area contributed by atoms with Crippen molar-refractivity contribution in [3.63, 3.8) is 0 Å². The topological polar surface area (TPSA) is 78.9 Å². The molecule has 12 atom stereocenters. The Hall–Kier alpha value is -4.01. The van der Waals surface area contributed by atoms with Gasteiger partial charge in [0.05, 0.1) is 36.1 Å². The largest absolute Gasteiger partial charge is 0.407 e. The molecule has 7 nitrogen and oxygen atoms in total. The first-order chi connectivity index (χ1) is 39.8. The van der Waals surface area contributed by atoms with E-state index in [2.05, 4.69) is 279 Å². The molecule has 0 amide bonds. The van der Waals surface area contributed by atoms with Crippen LogP contribution in [-0.2, 0) is 27.8 Å². The third-order valence-electron chi connectivity index (χ3n) is 17.0. The van der Waals surface area contributed by atoms with Crippen LogP contribution in [-0.4, -0.2) is 92.4 Å². The van der Waals surface area contributed by atoms with E-state index in [4.69, 9.17) is 27.8 Å². The van der Waals surface area contributed by atoms with Gasteiger partial charge in [-0.15, -0.1) is 19.7 Å². The molecule has 5 rings (SSSR count). The maximum atomic E-state index is 9.66. The summed E-state index contributed by atoms with van der Waals surface area (Å²) in [6, 6.07) is 43.5. The van der Waals surface area contributed by atoms with Crippen molar-refractivity contribution in [1.82, 2.24) is 0 Å². The fraction of sp³-hybridized carbons (Fsp3) is 0.579. The molecule has 1 aliphatic rings. The fourth-order valence-corrected chi connectivity index (χ4v) is 22.5. The minimum atomic E-state index is -2.47. The van der Waals surface area contributed by atoms with Crippen molar-refractivity contribution in [2.75, 3.05) is 34.5 Å². The Labute approximate surface area is 523 Å². The first kappa shape index (κ1) is 77.1. The summed E-state index contributed by atoms with van der Waals surface area (Å²) in [4.78, 5) is 0. The summed E-state index contributed by atoms with van der Waals surface area (Å²) in [7, 11) is 0.352. The summed E-state index contributed by atoms with van der Waals surface area (Å²) < 4.78 is 36.3. The highest BCUT2D eigenvalue weighted by Crippen LogP contribution is 2.47. The molecule has 476 valence electrons. The third-order valence-corrected chi connectivity index (χ3v) is 27.0.